The number of carbonyl (C=O) groups is 2. The summed E-state index contributed by atoms with van der Waals surface area (Å²) in [6.07, 6.45) is 0.275. The topological polar surface area (TPSA) is 70.2 Å². The Kier molecular flexibility index (Phi) is 6.62. The Morgan fingerprint density at radius 2 is 1.62 bits per heavy atom. The molecule has 7 heteroatoms. The number of nitrogens with one attached hydrogen (secondary N) is 3. The van der Waals surface area contributed by atoms with Crippen molar-refractivity contribution >= 4 is 35.1 Å². The van der Waals surface area contributed by atoms with Gasteiger partial charge in [-0.05, 0) is 36.4 Å². The second-order valence-corrected chi connectivity index (χ2v) is 6.00. The van der Waals surface area contributed by atoms with Crippen molar-refractivity contribution in [1.82, 2.24) is 5.32 Å². The highest BCUT2D eigenvalue weighted by Crippen LogP contribution is 2.22. The highest BCUT2D eigenvalue weighted by molar-refractivity contribution is 7.99. The molecule has 0 heterocycles. The molecule has 0 fully saturated rings. The quantitative estimate of drug-likeness (QED) is 0.698. The molecule has 0 aliphatic heterocycles. The molecule has 0 atom stereocenters. The first-order chi connectivity index (χ1) is 11.6. The van der Waals surface area contributed by atoms with Crippen LogP contribution in [0.1, 0.15) is 6.42 Å². The number of amides is 3. The summed E-state index contributed by atoms with van der Waals surface area (Å²) in [6.45, 7) is 0. The summed E-state index contributed by atoms with van der Waals surface area (Å²) in [7, 11) is 1.53. The summed E-state index contributed by atoms with van der Waals surface area (Å²) in [5, 5.41) is 7.84. The number of urea groups is 1. The van der Waals surface area contributed by atoms with Gasteiger partial charge in [-0.1, -0.05) is 12.1 Å². The number of carbonyl (C=O) groups excluding carboxylic acids is 2. The van der Waals surface area contributed by atoms with Crippen molar-refractivity contribution in [3.05, 3.63) is 54.3 Å². The van der Waals surface area contributed by atoms with E-state index in [1.807, 2.05) is 0 Å². The van der Waals surface area contributed by atoms with E-state index < -0.39 is 0 Å². The summed E-state index contributed by atoms with van der Waals surface area (Å²) >= 11 is 1.31. The van der Waals surface area contributed by atoms with Gasteiger partial charge < -0.3 is 16.0 Å². The van der Waals surface area contributed by atoms with Gasteiger partial charge in [0, 0.05) is 35.5 Å². The first kappa shape index (κ1) is 17.8. The molecule has 2 aromatic carbocycles. The van der Waals surface area contributed by atoms with Crippen LogP contribution in [0.4, 0.5) is 20.6 Å². The molecule has 2 rings (SSSR count). The van der Waals surface area contributed by atoms with Crippen molar-refractivity contribution in [1.29, 1.82) is 0 Å². The average molecular weight is 347 g/mol. The third kappa shape index (κ3) is 5.58. The Morgan fingerprint density at radius 3 is 2.25 bits per heavy atom. The van der Waals surface area contributed by atoms with Crippen LogP contribution in [0.15, 0.2) is 53.4 Å². The molecule has 0 aliphatic rings. The number of halogens is 1. The minimum Gasteiger partial charge on any atom is -0.341 e. The van der Waals surface area contributed by atoms with Crippen molar-refractivity contribution in [2.75, 3.05) is 23.4 Å². The van der Waals surface area contributed by atoms with Gasteiger partial charge in [0.15, 0.2) is 0 Å². The minimum absolute atomic E-state index is 0.147. The van der Waals surface area contributed by atoms with Crippen LogP contribution in [0.5, 0.6) is 0 Å². The predicted octanol–water partition coefficient (Wildman–Crippen LogP) is 3.70. The first-order valence-electron chi connectivity index (χ1n) is 7.34. The van der Waals surface area contributed by atoms with E-state index in [4.69, 9.17) is 0 Å². The third-order valence-electron chi connectivity index (χ3n) is 3.08. The van der Waals surface area contributed by atoms with Crippen molar-refractivity contribution in [3.63, 3.8) is 0 Å². The summed E-state index contributed by atoms with van der Waals surface area (Å²) in [5.41, 5.74) is 1.26. The van der Waals surface area contributed by atoms with Gasteiger partial charge in [0.2, 0.25) is 5.91 Å². The van der Waals surface area contributed by atoms with Crippen LogP contribution in [-0.2, 0) is 4.79 Å². The van der Waals surface area contributed by atoms with Crippen molar-refractivity contribution in [2.45, 2.75) is 11.3 Å². The number of benzene rings is 2. The molecular weight excluding hydrogens is 329 g/mol. The highest BCUT2D eigenvalue weighted by Gasteiger charge is 2.06. The SMILES string of the molecule is CNC(=O)Nc1ccc(NC(=O)CCSc2ccccc2F)cc1. The van der Waals surface area contributed by atoms with E-state index in [0.29, 0.717) is 22.0 Å². The Hall–Kier alpha value is -2.54. The molecule has 3 N–H and O–H groups in total. The van der Waals surface area contributed by atoms with E-state index in [-0.39, 0.29) is 24.2 Å². The summed E-state index contributed by atoms with van der Waals surface area (Å²) in [4.78, 5) is 23.6. The molecule has 0 radical (unpaired) electrons. The molecule has 2 aromatic rings. The Labute approximate surface area is 144 Å². The average Bonchev–Trinajstić information content (AvgIpc) is 2.58. The standard InChI is InChI=1S/C17H18FN3O2S/c1-19-17(23)21-13-8-6-12(7-9-13)20-16(22)10-11-24-15-5-3-2-4-14(15)18/h2-9H,10-11H2,1H3,(H,20,22)(H2,19,21,23). The summed E-state index contributed by atoms with van der Waals surface area (Å²) in [5.74, 6) is 0.0660. The fourth-order valence-corrected chi connectivity index (χ4v) is 2.76. The maximum atomic E-state index is 13.5. The van der Waals surface area contributed by atoms with Gasteiger partial charge in [-0.15, -0.1) is 11.8 Å². The molecule has 0 bridgehead atoms. The van der Waals surface area contributed by atoms with Crippen LogP contribution in [0.25, 0.3) is 0 Å². The molecule has 0 spiro atoms. The summed E-state index contributed by atoms with van der Waals surface area (Å²) in [6, 6.07) is 13.0. The van der Waals surface area contributed by atoms with E-state index in [1.165, 1.54) is 24.9 Å². The first-order valence-corrected chi connectivity index (χ1v) is 8.33. The van der Waals surface area contributed by atoms with E-state index >= 15 is 0 Å². The maximum absolute atomic E-state index is 13.5. The normalized spacial score (nSPS) is 10.1. The number of rotatable bonds is 6. The van der Waals surface area contributed by atoms with Gasteiger partial charge in [0.25, 0.3) is 0 Å². The fourth-order valence-electron chi connectivity index (χ4n) is 1.87. The lowest BCUT2D eigenvalue weighted by molar-refractivity contribution is -0.115. The molecule has 126 valence electrons. The fraction of sp³-hybridized carbons (Fsp3) is 0.176. The van der Waals surface area contributed by atoms with Crippen LogP contribution >= 0.6 is 11.8 Å². The van der Waals surface area contributed by atoms with Crippen molar-refractivity contribution in [2.24, 2.45) is 0 Å². The van der Waals surface area contributed by atoms with Gasteiger partial charge in [0.05, 0.1) is 0 Å². The Balaban J connectivity index is 1.78. The van der Waals surface area contributed by atoms with Crippen LogP contribution in [-0.4, -0.2) is 24.7 Å². The molecule has 0 aliphatic carbocycles. The molecule has 0 saturated carbocycles. The van der Waals surface area contributed by atoms with Gasteiger partial charge in [-0.2, -0.15) is 0 Å². The summed E-state index contributed by atoms with van der Waals surface area (Å²) < 4.78 is 13.5. The van der Waals surface area contributed by atoms with Crippen LogP contribution in [0, 0.1) is 5.82 Å². The van der Waals surface area contributed by atoms with E-state index in [0.717, 1.165) is 0 Å². The smallest absolute Gasteiger partial charge is 0.318 e. The zero-order chi connectivity index (χ0) is 17.4. The zero-order valence-corrected chi connectivity index (χ0v) is 14.0. The molecule has 5 nitrogen and oxygen atoms in total. The molecule has 0 unspecified atom stereocenters. The second-order valence-electron chi connectivity index (χ2n) is 4.86. The molecule has 0 saturated heterocycles. The number of thioether (sulfide) groups is 1. The Morgan fingerprint density at radius 1 is 1.00 bits per heavy atom. The minimum atomic E-state index is -0.308. The van der Waals surface area contributed by atoms with Crippen molar-refractivity contribution in [3.8, 4) is 0 Å². The van der Waals surface area contributed by atoms with Gasteiger partial charge in [0.1, 0.15) is 5.82 Å². The molecule has 24 heavy (non-hydrogen) atoms. The predicted molar refractivity (Wildman–Crippen MR) is 94.9 cm³/mol. The molecular formula is C17H18FN3O2S. The van der Waals surface area contributed by atoms with Crippen LogP contribution in [0.2, 0.25) is 0 Å². The number of anilines is 2. The van der Waals surface area contributed by atoms with Gasteiger partial charge in [-0.25, -0.2) is 9.18 Å². The van der Waals surface area contributed by atoms with E-state index in [1.54, 1.807) is 42.5 Å². The van der Waals surface area contributed by atoms with E-state index in [9.17, 15) is 14.0 Å². The monoisotopic (exact) mass is 347 g/mol. The van der Waals surface area contributed by atoms with Crippen LogP contribution < -0.4 is 16.0 Å². The van der Waals surface area contributed by atoms with Crippen LogP contribution in [0.3, 0.4) is 0 Å². The lowest BCUT2D eigenvalue weighted by Crippen LogP contribution is -2.24. The Bertz CT molecular complexity index is 707. The van der Waals surface area contributed by atoms with Crippen molar-refractivity contribution < 1.29 is 14.0 Å². The third-order valence-corrected chi connectivity index (χ3v) is 4.13. The zero-order valence-electron chi connectivity index (χ0n) is 13.1. The molecule has 3 amide bonds. The molecule has 0 aromatic heterocycles. The number of hydrogen-bond donors (Lipinski definition) is 3. The van der Waals surface area contributed by atoms with Gasteiger partial charge >= 0.3 is 6.03 Å². The lowest BCUT2D eigenvalue weighted by Gasteiger charge is -2.08. The highest BCUT2D eigenvalue weighted by atomic mass is 32.2. The lowest BCUT2D eigenvalue weighted by atomic mass is 10.2. The second kappa shape index (κ2) is 8.93. The maximum Gasteiger partial charge on any atom is 0.318 e. The number of hydrogen-bond acceptors (Lipinski definition) is 3. The van der Waals surface area contributed by atoms with Gasteiger partial charge in [-0.3, -0.25) is 4.79 Å². The largest absolute Gasteiger partial charge is 0.341 e. The van der Waals surface area contributed by atoms with E-state index in [2.05, 4.69) is 16.0 Å².